The molecule has 2 N–H and O–H groups in total. The Morgan fingerprint density at radius 3 is 2.70 bits per heavy atom. The molecule has 30 heavy (non-hydrogen) atoms. The van der Waals surface area contributed by atoms with Gasteiger partial charge in [-0.05, 0) is 37.1 Å². The lowest BCUT2D eigenvalue weighted by Gasteiger charge is -2.18. The van der Waals surface area contributed by atoms with Gasteiger partial charge in [0.2, 0.25) is 0 Å². The number of hydrogen-bond donors (Lipinski definition) is 2. The minimum absolute atomic E-state index is 0.101. The Kier molecular flexibility index (Phi) is 5.33. The van der Waals surface area contributed by atoms with Crippen LogP contribution in [0.3, 0.4) is 0 Å². The van der Waals surface area contributed by atoms with Gasteiger partial charge in [0, 0.05) is 25.7 Å². The van der Waals surface area contributed by atoms with E-state index < -0.39 is 6.61 Å². The number of rotatable bonds is 5. The number of halogens is 3. The largest absolute Gasteiger partial charge is 0.433 e. The molecule has 0 atom stereocenters. The van der Waals surface area contributed by atoms with E-state index in [1.165, 1.54) is 36.0 Å². The summed E-state index contributed by atoms with van der Waals surface area (Å²) in [7, 11) is 1.52. The van der Waals surface area contributed by atoms with Crippen LogP contribution in [0.1, 0.15) is 23.2 Å². The third-order valence-electron chi connectivity index (χ3n) is 4.89. The molecule has 0 radical (unpaired) electrons. The minimum atomic E-state index is -3.09. The number of H-pyrrole nitrogens is 1. The maximum Gasteiger partial charge on any atom is 0.387 e. The number of carbonyl (C=O) groups excluding carboxylic acids is 1. The van der Waals surface area contributed by atoms with Gasteiger partial charge in [-0.3, -0.25) is 19.4 Å². The molecule has 11 heteroatoms. The zero-order valence-electron chi connectivity index (χ0n) is 15.9. The van der Waals surface area contributed by atoms with Gasteiger partial charge < -0.3 is 15.0 Å². The van der Waals surface area contributed by atoms with Crippen LogP contribution in [0.4, 0.5) is 20.2 Å². The number of benzene rings is 1. The highest BCUT2D eigenvalue weighted by molar-refractivity contribution is 6.30. The molecule has 0 bridgehead atoms. The van der Waals surface area contributed by atoms with Gasteiger partial charge in [-0.1, -0.05) is 11.6 Å². The SMILES string of the molecule is Cn1[nH]c2nc(Cl)cc(Nc3ccc(C(=O)N4CCCC4)cc3OC(F)F)c2c1=O. The van der Waals surface area contributed by atoms with Crippen LogP contribution in [-0.4, -0.2) is 45.3 Å². The van der Waals surface area contributed by atoms with E-state index in [0.717, 1.165) is 12.8 Å². The summed E-state index contributed by atoms with van der Waals surface area (Å²) in [5.74, 6) is -0.462. The number of aromatic amines is 1. The van der Waals surface area contributed by atoms with Crippen LogP contribution in [0.25, 0.3) is 11.0 Å². The number of likely N-dealkylation sites (tertiary alicyclic amines) is 1. The van der Waals surface area contributed by atoms with Gasteiger partial charge in [-0.25, -0.2) is 4.98 Å². The molecule has 2 aromatic heterocycles. The molecule has 1 aliphatic heterocycles. The lowest BCUT2D eigenvalue weighted by atomic mass is 10.1. The first-order valence-electron chi connectivity index (χ1n) is 9.24. The zero-order chi connectivity index (χ0) is 21.4. The molecule has 0 saturated carbocycles. The average Bonchev–Trinajstić information content (AvgIpc) is 3.31. The van der Waals surface area contributed by atoms with Crippen LogP contribution in [0.2, 0.25) is 5.15 Å². The first kappa shape index (κ1) is 20.1. The van der Waals surface area contributed by atoms with Crippen LogP contribution in [0.5, 0.6) is 5.75 Å². The van der Waals surface area contributed by atoms with E-state index in [-0.39, 0.29) is 50.3 Å². The summed E-state index contributed by atoms with van der Waals surface area (Å²) in [6.07, 6.45) is 1.83. The van der Waals surface area contributed by atoms with Crippen LogP contribution >= 0.6 is 11.6 Å². The number of amides is 1. The van der Waals surface area contributed by atoms with Crippen molar-refractivity contribution in [1.82, 2.24) is 19.7 Å². The Hall–Kier alpha value is -3.14. The number of aromatic nitrogens is 3. The second-order valence-electron chi connectivity index (χ2n) is 6.91. The molecular weight excluding hydrogens is 420 g/mol. The number of fused-ring (bicyclic) bond motifs is 1. The Balaban J connectivity index is 1.74. The molecule has 1 amide bonds. The topological polar surface area (TPSA) is 92.2 Å². The summed E-state index contributed by atoms with van der Waals surface area (Å²) in [5.41, 5.74) is 0.543. The van der Waals surface area contributed by atoms with Gasteiger partial charge in [-0.2, -0.15) is 8.78 Å². The maximum absolute atomic E-state index is 13.0. The van der Waals surface area contributed by atoms with Crippen molar-refractivity contribution in [3.63, 3.8) is 0 Å². The number of aryl methyl sites for hydroxylation is 1. The van der Waals surface area contributed by atoms with E-state index >= 15 is 0 Å². The van der Waals surface area contributed by atoms with Crippen molar-refractivity contribution in [2.75, 3.05) is 18.4 Å². The third-order valence-corrected chi connectivity index (χ3v) is 5.08. The molecule has 158 valence electrons. The second-order valence-corrected chi connectivity index (χ2v) is 7.29. The number of alkyl halides is 2. The molecule has 8 nitrogen and oxygen atoms in total. The highest BCUT2D eigenvalue weighted by atomic mass is 35.5. The monoisotopic (exact) mass is 437 g/mol. The number of hydrogen-bond acceptors (Lipinski definition) is 5. The number of ether oxygens (including phenoxy) is 1. The van der Waals surface area contributed by atoms with Crippen molar-refractivity contribution in [3.05, 3.63) is 45.3 Å². The smallest absolute Gasteiger partial charge is 0.387 e. The molecule has 0 unspecified atom stereocenters. The number of carbonyl (C=O) groups is 1. The van der Waals surface area contributed by atoms with E-state index in [1.54, 1.807) is 4.90 Å². The maximum atomic E-state index is 13.0. The molecular formula is C19H18ClF2N5O3. The number of pyridine rings is 1. The molecule has 4 rings (SSSR count). The van der Waals surface area contributed by atoms with Gasteiger partial charge in [0.1, 0.15) is 16.3 Å². The molecule has 0 aliphatic carbocycles. The quantitative estimate of drug-likeness (QED) is 0.596. The van der Waals surface area contributed by atoms with Crippen molar-refractivity contribution in [1.29, 1.82) is 0 Å². The first-order chi connectivity index (χ1) is 14.3. The van der Waals surface area contributed by atoms with E-state index in [4.69, 9.17) is 11.6 Å². The standard InChI is InChI=1S/C19H18ClF2N5O3/c1-26-18(29)15-12(9-14(20)24-16(15)25-26)23-11-5-4-10(8-13(11)30-19(21)22)17(28)27-6-2-3-7-27/h4-5,8-9,19H,2-3,6-7H2,1H3,(H2,23,24,25). The van der Waals surface area contributed by atoms with E-state index in [9.17, 15) is 18.4 Å². The van der Waals surface area contributed by atoms with E-state index in [1.807, 2.05) is 0 Å². The average molecular weight is 438 g/mol. The Morgan fingerprint density at radius 2 is 2.00 bits per heavy atom. The Labute approximate surface area is 174 Å². The fraction of sp³-hybridized carbons (Fsp3) is 0.316. The fourth-order valence-electron chi connectivity index (χ4n) is 3.49. The molecule has 1 aliphatic rings. The van der Waals surface area contributed by atoms with Crippen molar-refractivity contribution < 1.29 is 18.3 Å². The van der Waals surface area contributed by atoms with Crippen LogP contribution in [0, 0.1) is 0 Å². The molecule has 1 saturated heterocycles. The summed E-state index contributed by atoms with van der Waals surface area (Å²) in [5, 5.41) is 5.98. The van der Waals surface area contributed by atoms with Crippen LogP contribution in [-0.2, 0) is 7.05 Å². The van der Waals surface area contributed by atoms with Gasteiger partial charge in [0.05, 0.1) is 11.4 Å². The molecule has 1 fully saturated rings. The summed E-state index contributed by atoms with van der Waals surface area (Å²) >= 11 is 6.03. The predicted octanol–water partition coefficient (Wildman–Crippen LogP) is 3.50. The number of nitrogens with zero attached hydrogens (tertiary/aromatic N) is 3. The molecule has 3 aromatic rings. The number of anilines is 2. The van der Waals surface area contributed by atoms with Crippen molar-refractivity contribution >= 4 is 39.9 Å². The summed E-state index contributed by atoms with van der Waals surface area (Å²) in [4.78, 5) is 30.8. The lowest BCUT2D eigenvalue weighted by molar-refractivity contribution is -0.0494. The molecule has 1 aromatic carbocycles. The van der Waals surface area contributed by atoms with Crippen LogP contribution in [0.15, 0.2) is 29.1 Å². The van der Waals surface area contributed by atoms with Crippen molar-refractivity contribution in [2.45, 2.75) is 19.5 Å². The second kappa shape index (κ2) is 7.94. The van der Waals surface area contributed by atoms with Gasteiger partial charge >= 0.3 is 6.61 Å². The molecule has 0 spiro atoms. The van der Waals surface area contributed by atoms with Crippen LogP contribution < -0.4 is 15.6 Å². The van der Waals surface area contributed by atoms with E-state index in [0.29, 0.717) is 13.1 Å². The van der Waals surface area contributed by atoms with Gasteiger partial charge in [-0.15, -0.1) is 0 Å². The third kappa shape index (κ3) is 3.82. The number of nitrogens with one attached hydrogen (secondary N) is 2. The minimum Gasteiger partial charge on any atom is -0.433 e. The Bertz CT molecular complexity index is 1170. The Morgan fingerprint density at radius 1 is 1.27 bits per heavy atom. The highest BCUT2D eigenvalue weighted by Gasteiger charge is 2.22. The fourth-order valence-corrected chi connectivity index (χ4v) is 3.68. The van der Waals surface area contributed by atoms with Gasteiger partial charge in [0.25, 0.3) is 11.5 Å². The zero-order valence-corrected chi connectivity index (χ0v) is 16.7. The van der Waals surface area contributed by atoms with Crippen molar-refractivity contribution in [3.8, 4) is 5.75 Å². The molecule has 3 heterocycles. The highest BCUT2D eigenvalue weighted by Crippen LogP contribution is 2.33. The first-order valence-corrected chi connectivity index (χ1v) is 9.61. The van der Waals surface area contributed by atoms with E-state index in [2.05, 4.69) is 20.1 Å². The summed E-state index contributed by atoms with van der Waals surface area (Å²) in [6.45, 7) is -1.83. The van der Waals surface area contributed by atoms with Gasteiger partial charge in [0.15, 0.2) is 5.65 Å². The normalized spacial score (nSPS) is 14.0. The summed E-state index contributed by atoms with van der Waals surface area (Å²) in [6, 6.07) is 5.66. The van der Waals surface area contributed by atoms with Crippen molar-refractivity contribution in [2.24, 2.45) is 7.05 Å². The predicted molar refractivity (Wildman–Crippen MR) is 108 cm³/mol. The summed E-state index contributed by atoms with van der Waals surface area (Å²) < 4.78 is 31.9. The lowest BCUT2D eigenvalue weighted by Crippen LogP contribution is -2.27.